The van der Waals surface area contributed by atoms with Gasteiger partial charge in [0.2, 0.25) is 0 Å². The lowest BCUT2D eigenvalue weighted by Crippen LogP contribution is -2.33. The van der Waals surface area contributed by atoms with Crippen molar-refractivity contribution in [2.24, 2.45) is 0 Å². The zero-order valence-electron chi connectivity index (χ0n) is 5.37. The van der Waals surface area contributed by atoms with E-state index in [2.05, 4.69) is 4.74 Å². The van der Waals surface area contributed by atoms with Crippen LogP contribution in [0.2, 0.25) is 0 Å². The number of hydrogen-bond donors (Lipinski definition) is 2. The summed E-state index contributed by atoms with van der Waals surface area (Å²) < 4.78 is 4.42. The molecule has 54 valence electrons. The van der Waals surface area contributed by atoms with Gasteiger partial charge in [-0.25, -0.2) is 4.79 Å². The first-order chi connectivity index (χ1) is 4.09. The van der Waals surface area contributed by atoms with Gasteiger partial charge < -0.3 is 14.9 Å². The second-order valence-corrected chi connectivity index (χ2v) is 1.74. The van der Waals surface area contributed by atoms with Gasteiger partial charge in [-0.05, 0) is 6.92 Å². The highest BCUT2D eigenvalue weighted by Gasteiger charge is 2.21. The van der Waals surface area contributed by atoms with Crippen LogP contribution in [-0.2, 0) is 9.53 Å². The third kappa shape index (κ3) is 2.43. The van der Waals surface area contributed by atoms with Gasteiger partial charge in [-0.15, -0.1) is 0 Å². The quantitative estimate of drug-likeness (QED) is 0.544. The van der Waals surface area contributed by atoms with Crippen LogP contribution in [0.3, 0.4) is 0 Å². The molecular formula is C5H10O4. The average molecular weight is 134 g/mol. The van der Waals surface area contributed by atoms with E-state index in [1.54, 1.807) is 0 Å². The third-order valence-corrected chi connectivity index (χ3v) is 0.935. The van der Waals surface area contributed by atoms with E-state index in [0.29, 0.717) is 0 Å². The van der Waals surface area contributed by atoms with E-state index in [4.69, 9.17) is 10.2 Å². The highest BCUT2D eigenvalue weighted by atomic mass is 16.5. The number of aliphatic hydroxyl groups is 1. The molecule has 0 aromatic carbocycles. The number of hydrogen-bond acceptors (Lipinski definition) is 3. The van der Waals surface area contributed by atoms with E-state index in [9.17, 15) is 4.79 Å². The second kappa shape index (κ2) is 3.42. The van der Waals surface area contributed by atoms with Gasteiger partial charge in [0, 0.05) is 7.11 Å². The summed E-state index contributed by atoms with van der Waals surface area (Å²) >= 11 is 0. The van der Waals surface area contributed by atoms with E-state index in [0.717, 1.165) is 0 Å². The van der Waals surface area contributed by atoms with Crippen LogP contribution in [0.5, 0.6) is 0 Å². The fourth-order valence-corrected chi connectivity index (χ4v) is 0.504. The van der Waals surface area contributed by atoms with Crippen LogP contribution in [0.15, 0.2) is 0 Å². The maximum Gasteiger partial charge on any atom is 0.335 e. The summed E-state index contributed by atoms with van der Waals surface area (Å²) in [6.45, 7) is 1.36. The molecule has 0 aromatic rings. The number of aliphatic hydroxyl groups excluding tert-OH is 1. The number of carbonyl (C=O) groups is 1. The monoisotopic (exact) mass is 134 g/mol. The van der Waals surface area contributed by atoms with Gasteiger partial charge in [0.1, 0.15) is 0 Å². The van der Waals surface area contributed by atoms with E-state index in [1.165, 1.54) is 14.0 Å². The lowest BCUT2D eigenvalue weighted by Gasteiger charge is -2.11. The Morgan fingerprint density at radius 1 is 1.67 bits per heavy atom. The molecule has 0 spiro atoms. The Morgan fingerprint density at radius 2 is 2.11 bits per heavy atom. The van der Waals surface area contributed by atoms with E-state index < -0.39 is 18.2 Å². The van der Waals surface area contributed by atoms with Crippen molar-refractivity contribution in [2.45, 2.75) is 19.1 Å². The molecule has 0 unspecified atom stereocenters. The van der Waals surface area contributed by atoms with Crippen LogP contribution < -0.4 is 0 Å². The fourth-order valence-electron chi connectivity index (χ4n) is 0.504. The molecule has 0 aliphatic rings. The number of aliphatic carboxylic acids is 1. The molecule has 0 saturated heterocycles. The molecule has 0 heterocycles. The molecule has 2 atom stereocenters. The van der Waals surface area contributed by atoms with Gasteiger partial charge in [-0.2, -0.15) is 0 Å². The predicted octanol–water partition coefficient (Wildman–Crippen LogP) is -0.533. The van der Waals surface area contributed by atoms with Crippen molar-refractivity contribution in [3.63, 3.8) is 0 Å². The van der Waals surface area contributed by atoms with Crippen molar-refractivity contribution in [1.29, 1.82) is 0 Å². The average Bonchev–Trinajstić information content (AvgIpc) is 1.64. The number of carboxylic acids is 1. The van der Waals surface area contributed by atoms with Crippen LogP contribution in [0, 0.1) is 0 Å². The van der Waals surface area contributed by atoms with Gasteiger partial charge in [-0.1, -0.05) is 0 Å². The number of carboxylic acid groups (broad SMARTS) is 1. The lowest BCUT2D eigenvalue weighted by atomic mass is 10.2. The van der Waals surface area contributed by atoms with Crippen LogP contribution in [0.4, 0.5) is 0 Å². The second-order valence-electron chi connectivity index (χ2n) is 1.74. The molecule has 0 aliphatic heterocycles. The SMILES string of the molecule is CO[C@@H](C(=O)O)[C@H](C)O. The van der Waals surface area contributed by atoms with Crippen molar-refractivity contribution in [1.82, 2.24) is 0 Å². The first-order valence-electron chi connectivity index (χ1n) is 2.53. The van der Waals surface area contributed by atoms with Gasteiger partial charge >= 0.3 is 5.97 Å². The van der Waals surface area contributed by atoms with Crippen molar-refractivity contribution in [2.75, 3.05) is 7.11 Å². The smallest absolute Gasteiger partial charge is 0.335 e. The highest BCUT2D eigenvalue weighted by molar-refractivity contribution is 5.72. The Bertz CT molecular complexity index is 99.1. The molecule has 0 radical (unpaired) electrons. The normalized spacial score (nSPS) is 16.8. The molecule has 4 nitrogen and oxygen atoms in total. The van der Waals surface area contributed by atoms with Gasteiger partial charge in [-0.3, -0.25) is 0 Å². The van der Waals surface area contributed by atoms with Crippen molar-refractivity contribution in [3.05, 3.63) is 0 Å². The maximum absolute atomic E-state index is 10.1. The molecule has 0 fully saturated rings. The van der Waals surface area contributed by atoms with Gasteiger partial charge in [0.25, 0.3) is 0 Å². The number of ether oxygens (including phenoxy) is 1. The van der Waals surface area contributed by atoms with Crippen molar-refractivity contribution < 1.29 is 19.7 Å². The summed E-state index contributed by atoms with van der Waals surface area (Å²) in [5.74, 6) is -1.15. The molecule has 0 saturated carbocycles. The Hall–Kier alpha value is -0.610. The molecule has 9 heavy (non-hydrogen) atoms. The van der Waals surface area contributed by atoms with E-state index in [1.807, 2.05) is 0 Å². The summed E-state index contributed by atoms with van der Waals surface area (Å²) in [7, 11) is 1.24. The summed E-state index contributed by atoms with van der Waals surface area (Å²) in [6.07, 6.45) is -2.07. The fraction of sp³-hybridized carbons (Fsp3) is 0.800. The minimum absolute atomic E-state index is 0.965. The molecule has 4 heteroatoms. The Kier molecular flexibility index (Phi) is 3.19. The predicted molar refractivity (Wildman–Crippen MR) is 30.1 cm³/mol. The zero-order chi connectivity index (χ0) is 7.44. The molecule has 0 aliphatic carbocycles. The first-order valence-corrected chi connectivity index (χ1v) is 2.53. The standard InChI is InChI=1S/C5H10O4/c1-3(6)4(9-2)5(7)8/h3-4,6H,1-2H3,(H,7,8)/t3-,4+/m0/s1. The van der Waals surface area contributed by atoms with Crippen molar-refractivity contribution in [3.8, 4) is 0 Å². The van der Waals surface area contributed by atoms with Crippen LogP contribution in [0.1, 0.15) is 6.92 Å². The number of rotatable bonds is 3. The topological polar surface area (TPSA) is 66.8 Å². The minimum Gasteiger partial charge on any atom is -0.479 e. The summed E-state index contributed by atoms with van der Waals surface area (Å²) in [6, 6.07) is 0. The summed E-state index contributed by atoms with van der Waals surface area (Å²) in [5, 5.41) is 16.9. The van der Waals surface area contributed by atoms with Crippen LogP contribution in [0.25, 0.3) is 0 Å². The largest absolute Gasteiger partial charge is 0.479 e. The Labute approximate surface area is 53.1 Å². The molecule has 0 rings (SSSR count). The van der Waals surface area contributed by atoms with Crippen LogP contribution in [-0.4, -0.2) is 35.5 Å². The van der Waals surface area contributed by atoms with E-state index in [-0.39, 0.29) is 0 Å². The summed E-state index contributed by atoms with van der Waals surface area (Å²) in [4.78, 5) is 10.1. The van der Waals surface area contributed by atoms with Crippen LogP contribution >= 0.6 is 0 Å². The Morgan fingerprint density at radius 3 is 2.11 bits per heavy atom. The van der Waals surface area contributed by atoms with E-state index >= 15 is 0 Å². The molecule has 0 bridgehead atoms. The Balaban J connectivity index is 3.83. The lowest BCUT2D eigenvalue weighted by molar-refractivity contribution is -0.154. The van der Waals surface area contributed by atoms with Crippen molar-refractivity contribution >= 4 is 5.97 Å². The molecule has 0 amide bonds. The molecule has 0 aromatic heterocycles. The third-order valence-electron chi connectivity index (χ3n) is 0.935. The summed E-state index contributed by atoms with van der Waals surface area (Å²) in [5.41, 5.74) is 0. The molecule has 2 N–H and O–H groups in total. The highest BCUT2D eigenvalue weighted by Crippen LogP contribution is 1.95. The van der Waals surface area contributed by atoms with Gasteiger partial charge in [0.15, 0.2) is 6.10 Å². The first kappa shape index (κ1) is 8.39. The maximum atomic E-state index is 10.1. The molecular weight excluding hydrogens is 124 g/mol. The van der Waals surface area contributed by atoms with Gasteiger partial charge in [0.05, 0.1) is 6.10 Å². The number of methoxy groups -OCH3 is 1. The zero-order valence-corrected chi connectivity index (χ0v) is 5.37. The minimum atomic E-state index is -1.15.